The van der Waals surface area contributed by atoms with Crippen molar-refractivity contribution in [2.24, 2.45) is 0 Å². The monoisotopic (exact) mass is 410 g/mol. The average molecular weight is 412 g/mol. The van der Waals surface area contributed by atoms with Crippen molar-refractivity contribution >= 4 is 37.6 Å². The lowest BCUT2D eigenvalue weighted by Crippen LogP contribution is -2.24. The molecular formula is C17H16Br2O2. The number of aryl methyl sites for hydroxylation is 2. The topological polar surface area (TPSA) is 26.3 Å². The second-order valence-electron chi connectivity index (χ2n) is 5.00. The lowest BCUT2D eigenvalue weighted by molar-refractivity contribution is 0.0818. The molecule has 2 nitrogen and oxygen atoms in total. The summed E-state index contributed by atoms with van der Waals surface area (Å²) in [6.45, 7) is 5.79. The fourth-order valence-corrected chi connectivity index (χ4v) is 2.57. The molecule has 0 N–H and O–H groups in total. The van der Waals surface area contributed by atoms with Crippen molar-refractivity contribution in [1.82, 2.24) is 0 Å². The minimum atomic E-state index is -0.522. The van der Waals surface area contributed by atoms with E-state index < -0.39 is 6.10 Å². The van der Waals surface area contributed by atoms with E-state index in [1.54, 1.807) is 19.1 Å². The number of carbonyl (C=O) groups is 1. The molecular weight excluding hydrogens is 396 g/mol. The number of hydrogen-bond acceptors (Lipinski definition) is 2. The van der Waals surface area contributed by atoms with Crippen LogP contribution in [0.1, 0.15) is 28.4 Å². The van der Waals surface area contributed by atoms with Gasteiger partial charge in [-0.3, -0.25) is 4.79 Å². The van der Waals surface area contributed by atoms with Crippen LogP contribution in [-0.2, 0) is 0 Å². The van der Waals surface area contributed by atoms with Crippen LogP contribution in [0.4, 0.5) is 0 Å². The van der Waals surface area contributed by atoms with Crippen LogP contribution in [0.5, 0.6) is 5.75 Å². The highest BCUT2D eigenvalue weighted by Gasteiger charge is 2.17. The van der Waals surface area contributed by atoms with Crippen LogP contribution in [0, 0.1) is 13.8 Å². The molecule has 0 aliphatic heterocycles. The number of halogens is 2. The third-order valence-electron chi connectivity index (χ3n) is 3.22. The molecule has 1 unspecified atom stereocenters. The molecule has 110 valence electrons. The second kappa shape index (κ2) is 6.75. The normalized spacial score (nSPS) is 12.0. The Balaban J connectivity index is 2.16. The van der Waals surface area contributed by atoms with Gasteiger partial charge in [-0.2, -0.15) is 0 Å². The highest BCUT2D eigenvalue weighted by molar-refractivity contribution is 9.10. The van der Waals surface area contributed by atoms with Crippen molar-refractivity contribution in [3.05, 3.63) is 62.0 Å². The Hall–Kier alpha value is -1.13. The van der Waals surface area contributed by atoms with E-state index in [4.69, 9.17) is 4.74 Å². The molecule has 0 amide bonds. The molecule has 0 bridgehead atoms. The standard InChI is InChI=1S/C17H16Br2O2/c1-10-8-15(9-11(2)16(10)19)21-12(3)17(20)13-4-6-14(18)7-5-13/h4-9,12H,1-3H3. The van der Waals surface area contributed by atoms with Gasteiger partial charge in [0.1, 0.15) is 5.75 Å². The first-order valence-electron chi connectivity index (χ1n) is 6.61. The van der Waals surface area contributed by atoms with E-state index in [0.717, 1.165) is 20.1 Å². The van der Waals surface area contributed by atoms with E-state index in [2.05, 4.69) is 31.9 Å². The number of ether oxygens (including phenoxy) is 1. The third-order valence-corrected chi connectivity index (χ3v) is 5.00. The largest absolute Gasteiger partial charge is 0.483 e. The minimum Gasteiger partial charge on any atom is -0.483 e. The van der Waals surface area contributed by atoms with Crippen LogP contribution in [0.2, 0.25) is 0 Å². The van der Waals surface area contributed by atoms with E-state index in [1.807, 2.05) is 38.1 Å². The maximum Gasteiger partial charge on any atom is 0.202 e. The summed E-state index contributed by atoms with van der Waals surface area (Å²) in [7, 11) is 0. The van der Waals surface area contributed by atoms with Gasteiger partial charge < -0.3 is 4.74 Å². The van der Waals surface area contributed by atoms with E-state index in [1.165, 1.54) is 0 Å². The summed E-state index contributed by atoms with van der Waals surface area (Å²) < 4.78 is 7.82. The molecule has 0 aliphatic rings. The molecule has 2 rings (SSSR count). The first kappa shape index (κ1) is 16.2. The fraction of sp³-hybridized carbons (Fsp3) is 0.235. The van der Waals surface area contributed by atoms with Gasteiger partial charge in [-0.05, 0) is 56.2 Å². The van der Waals surface area contributed by atoms with E-state index in [-0.39, 0.29) is 5.78 Å². The zero-order valence-corrected chi connectivity index (χ0v) is 15.3. The number of carbonyl (C=O) groups excluding carboxylic acids is 1. The molecule has 4 heteroatoms. The van der Waals surface area contributed by atoms with Crippen molar-refractivity contribution in [2.75, 3.05) is 0 Å². The zero-order valence-electron chi connectivity index (χ0n) is 12.1. The lowest BCUT2D eigenvalue weighted by atomic mass is 10.1. The molecule has 0 aliphatic carbocycles. The van der Waals surface area contributed by atoms with Crippen molar-refractivity contribution in [1.29, 1.82) is 0 Å². The maximum absolute atomic E-state index is 12.3. The van der Waals surface area contributed by atoms with Crippen molar-refractivity contribution in [3.8, 4) is 5.75 Å². The Kier molecular flexibility index (Phi) is 5.22. The van der Waals surface area contributed by atoms with Crippen molar-refractivity contribution < 1.29 is 9.53 Å². The van der Waals surface area contributed by atoms with Crippen LogP contribution in [0.25, 0.3) is 0 Å². The van der Waals surface area contributed by atoms with Crippen LogP contribution in [-0.4, -0.2) is 11.9 Å². The predicted octanol–water partition coefficient (Wildman–Crippen LogP) is 5.48. The highest BCUT2D eigenvalue weighted by atomic mass is 79.9. The Morgan fingerprint density at radius 2 is 1.57 bits per heavy atom. The van der Waals surface area contributed by atoms with Gasteiger partial charge in [0.05, 0.1) is 0 Å². The number of Topliss-reactive ketones (excluding diaryl/α,β-unsaturated/α-hetero) is 1. The quantitative estimate of drug-likeness (QED) is 0.622. The van der Waals surface area contributed by atoms with Gasteiger partial charge in [0.15, 0.2) is 6.10 Å². The maximum atomic E-state index is 12.3. The molecule has 0 fully saturated rings. The van der Waals surface area contributed by atoms with Crippen LogP contribution >= 0.6 is 31.9 Å². The van der Waals surface area contributed by atoms with Gasteiger partial charge in [-0.25, -0.2) is 0 Å². The van der Waals surface area contributed by atoms with Crippen LogP contribution < -0.4 is 4.74 Å². The first-order valence-corrected chi connectivity index (χ1v) is 8.20. The second-order valence-corrected chi connectivity index (χ2v) is 6.71. The average Bonchev–Trinajstić information content (AvgIpc) is 2.44. The minimum absolute atomic E-state index is 0.0271. The molecule has 0 spiro atoms. The zero-order chi connectivity index (χ0) is 15.6. The highest BCUT2D eigenvalue weighted by Crippen LogP contribution is 2.27. The SMILES string of the molecule is Cc1cc(OC(C)C(=O)c2ccc(Br)cc2)cc(C)c1Br. The Morgan fingerprint density at radius 3 is 2.10 bits per heavy atom. The van der Waals surface area contributed by atoms with Gasteiger partial charge >= 0.3 is 0 Å². The number of rotatable bonds is 4. The van der Waals surface area contributed by atoms with Crippen LogP contribution in [0.3, 0.4) is 0 Å². The molecule has 0 saturated heterocycles. The fourth-order valence-electron chi connectivity index (χ4n) is 2.08. The predicted molar refractivity (Wildman–Crippen MR) is 92.2 cm³/mol. The smallest absolute Gasteiger partial charge is 0.202 e. The van der Waals surface area contributed by atoms with Gasteiger partial charge in [-0.15, -0.1) is 0 Å². The number of benzene rings is 2. The molecule has 2 aromatic carbocycles. The summed E-state index contributed by atoms with van der Waals surface area (Å²) in [5.41, 5.74) is 2.83. The molecule has 0 aromatic heterocycles. The van der Waals surface area contributed by atoms with Crippen molar-refractivity contribution in [3.63, 3.8) is 0 Å². The van der Waals surface area contributed by atoms with Gasteiger partial charge in [0, 0.05) is 14.5 Å². The van der Waals surface area contributed by atoms with Crippen LogP contribution in [0.15, 0.2) is 45.3 Å². The summed E-state index contributed by atoms with van der Waals surface area (Å²) in [6.07, 6.45) is -0.522. The summed E-state index contributed by atoms with van der Waals surface area (Å²) in [4.78, 5) is 12.3. The van der Waals surface area contributed by atoms with E-state index in [0.29, 0.717) is 11.3 Å². The lowest BCUT2D eigenvalue weighted by Gasteiger charge is -2.15. The van der Waals surface area contributed by atoms with Crippen molar-refractivity contribution in [2.45, 2.75) is 26.9 Å². The summed E-state index contributed by atoms with van der Waals surface area (Å²) in [6, 6.07) is 11.2. The number of ketones is 1. The molecule has 1 atom stereocenters. The summed E-state index contributed by atoms with van der Waals surface area (Å²) >= 11 is 6.89. The molecule has 21 heavy (non-hydrogen) atoms. The molecule has 2 aromatic rings. The van der Waals surface area contributed by atoms with Gasteiger partial charge in [0.2, 0.25) is 5.78 Å². The third kappa shape index (κ3) is 3.95. The Bertz CT molecular complexity index is 640. The van der Waals surface area contributed by atoms with Gasteiger partial charge in [-0.1, -0.05) is 44.0 Å². The van der Waals surface area contributed by atoms with Gasteiger partial charge in [0.25, 0.3) is 0 Å². The number of hydrogen-bond donors (Lipinski definition) is 0. The van der Waals surface area contributed by atoms with E-state index in [9.17, 15) is 4.79 Å². The first-order chi connectivity index (χ1) is 9.88. The Labute approximate surface area is 141 Å². The molecule has 0 saturated carbocycles. The summed E-state index contributed by atoms with van der Waals surface area (Å²) in [5, 5.41) is 0. The summed E-state index contributed by atoms with van der Waals surface area (Å²) in [5.74, 6) is 0.687. The van der Waals surface area contributed by atoms with E-state index >= 15 is 0 Å². The Morgan fingerprint density at radius 1 is 1.05 bits per heavy atom. The molecule has 0 heterocycles. The molecule has 0 radical (unpaired) electrons.